The number of ether oxygens (including phenoxy) is 1. The number of hydrogen-bond donors (Lipinski definition) is 1. The second-order valence-electron chi connectivity index (χ2n) is 7.53. The summed E-state index contributed by atoms with van der Waals surface area (Å²) in [6, 6.07) is 13.0. The van der Waals surface area contributed by atoms with Gasteiger partial charge in [0.05, 0.1) is 0 Å². The van der Waals surface area contributed by atoms with E-state index in [4.69, 9.17) is 4.74 Å². The number of para-hydroxylation sites is 1. The van der Waals surface area contributed by atoms with Gasteiger partial charge in [-0.15, -0.1) is 0 Å². The number of rotatable bonds is 8. The summed E-state index contributed by atoms with van der Waals surface area (Å²) in [5.74, 6) is -1.08. The molecule has 0 heterocycles. The molecule has 1 fully saturated rings. The molecule has 1 unspecified atom stereocenters. The van der Waals surface area contributed by atoms with Crippen LogP contribution in [0.1, 0.15) is 38.2 Å². The highest BCUT2D eigenvalue weighted by molar-refractivity contribution is 9.10. The molecular formula is C23H26BrFN2O3. The molecule has 5 nitrogen and oxygen atoms in total. The predicted octanol–water partition coefficient (Wildman–Crippen LogP) is 4.44. The third-order valence-corrected chi connectivity index (χ3v) is 5.85. The zero-order valence-electron chi connectivity index (χ0n) is 16.9. The number of nitrogens with one attached hydrogen (secondary N) is 1. The number of nitrogens with zero attached hydrogens (tertiary/aromatic N) is 1. The molecule has 1 atom stereocenters. The Bertz CT molecular complexity index is 869. The van der Waals surface area contributed by atoms with E-state index in [-0.39, 0.29) is 36.8 Å². The molecule has 30 heavy (non-hydrogen) atoms. The molecule has 0 bridgehead atoms. The molecule has 1 aliphatic rings. The fraction of sp³-hybridized carbons (Fsp3) is 0.391. The van der Waals surface area contributed by atoms with Crippen molar-refractivity contribution in [2.45, 2.75) is 51.2 Å². The van der Waals surface area contributed by atoms with Crippen molar-refractivity contribution in [2.75, 3.05) is 6.61 Å². The molecule has 1 saturated carbocycles. The van der Waals surface area contributed by atoms with Crippen LogP contribution in [0, 0.1) is 5.82 Å². The summed E-state index contributed by atoms with van der Waals surface area (Å²) in [6.07, 6.45) is 4.15. The lowest BCUT2D eigenvalue weighted by Crippen LogP contribution is -2.50. The van der Waals surface area contributed by atoms with Crippen LogP contribution in [0.2, 0.25) is 0 Å². The van der Waals surface area contributed by atoms with Crippen molar-refractivity contribution in [3.63, 3.8) is 0 Å². The van der Waals surface area contributed by atoms with Gasteiger partial charge in [0.2, 0.25) is 5.91 Å². The molecule has 160 valence electrons. The maximum atomic E-state index is 13.8. The van der Waals surface area contributed by atoms with Crippen LogP contribution in [0.3, 0.4) is 0 Å². The van der Waals surface area contributed by atoms with Gasteiger partial charge < -0.3 is 15.0 Å². The molecule has 3 rings (SSSR count). The molecule has 0 aliphatic heterocycles. The van der Waals surface area contributed by atoms with Gasteiger partial charge in [0.1, 0.15) is 6.04 Å². The smallest absolute Gasteiger partial charge is 0.261 e. The van der Waals surface area contributed by atoms with Crippen molar-refractivity contribution in [1.29, 1.82) is 0 Å². The van der Waals surface area contributed by atoms with Gasteiger partial charge in [-0.3, -0.25) is 9.59 Å². The Morgan fingerprint density at radius 1 is 1.17 bits per heavy atom. The molecule has 2 aromatic carbocycles. The summed E-state index contributed by atoms with van der Waals surface area (Å²) in [5, 5.41) is 3.05. The number of halogens is 2. The minimum Gasteiger partial charge on any atom is -0.481 e. The van der Waals surface area contributed by atoms with Gasteiger partial charge in [0, 0.05) is 17.1 Å². The molecule has 2 aromatic rings. The number of amides is 2. The first-order valence-corrected chi connectivity index (χ1v) is 10.9. The predicted molar refractivity (Wildman–Crippen MR) is 116 cm³/mol. The molecule has 0 aromatic heterocycles. The quantitative estimate of drug-likeness (QED) is 0.612. The lowest BCUT2D eigenvalue weighted by Gasteiger charge is -2.29. The molecule has 1 aliphatic carbocycles. The SMILES string of the molecule is CC(C(=O)NC1CCCC1)N(Cc1ccc(Br)cc1)C(=O)COc1ccccc1F. The molecular weight excluding hydrogens is 451 g/mol. The highest BCUT2D eigenvalue weighted by Gasteiger charge is 2.28. The van der Waals surface area contributed by atoms with Crippen LogP contribution in [-0.4, -0.2) is 35.4 Å². The highest BCUT2D eigenvalue weighted by Crippen LogP contribution is 2.20. The maximum Gasteiger partial charge on any atom is 0.261 e. The Morgan fingerprint density at radius 2 is 1.83 bits per heavy atom. The zero-order chi connectivity index (χ0) is 21.5. The van der Waals surface area contributed by atoms with E-state index >= 15 is 0 Å². The topological polar surface area (TPSA) is 58.6 Å². The monoisotopic (exact) mass is 476 g/mol. The second-order valence-corrected chi connectivity index (χ2v) is 8.45. The summed E-state index contributed by atoms with van der Waals surface area (Å²) in [4.78, 5) is 27.3. The van der Waals surface area contributed by atoms with Crippen molar-refractivity contribution < 1.29 is 18.7 Å². The standard InChI is InChI=1S/C23H26BrFN2O3/c1-16(23(29)26-19-6-2-3-7-19)27(14-17-10-12-18(24)13-11-17)22(28)15-30-21-9-5-4-8-20(21)25/h4-5,8-13,16,19H,2-3,6-7,14-15H2,1H3,(H,26,29). The Hall–Kier alpha value is -2.41. The number of hydrogen-bond acceptors (Lipinski definition) is 3. The third-order valence-electron chi connectivity index (χ3n) is 5.32. The average molecular weight is 477 g/mol. The van der Waals surface area contributed by atoms with Crippen LogP contribution in [0.4, 0.5) is 4.39 Å². The normalized spacial score (nSPS) is 14.9. The van der Waals surface area contributed by atoms with Crippen LogP contribution < -0.4 is 10.1 Å². The van der Waals surface area contributed by atoms with Crippen molar-refractivity contribution in [3.8, 4) is 5.75 Å². The van der Waals surface area contributed by atoms with Crippen molar-refractivity contribution in [3.05, 3.63) is 64.4 Å². The van der Waals surface area contributed by atoms with Gasteiger partial charge >= 0.3 is 0 Å². The van der Waals surface area contributed by atoms with Gasteiger partial charge in [-0.25, -0.2) is 4.39 Å². The molecule has 1 N–H and O–H groups in total. The first-order chi connectivity index (χ1) is 14.4. The summed E-state index contributed by atoms with van der Waals surface area (Å²) in [7, 11) is 0. The molecule has 7 heteroatoms. The lowest BCUT2D eigenvalue weighted by molar-refractivity contribution is -0.142. The number of benzene rings is 2. The Kier molecular flexibility index (Phi) is 7.85. The van der Waals surface area contributed by atoms with Crippen LogP contribution in [0.15, 0.2) is 53.0 Å². The van der Waals surface area contributed by atoms with Crippen LogP contribution in [-0.2, 0) is 16.1 Å². The number of carbonyl (C=O) groups is 2. The van der Waals surface area contributed by atoms with Gasteiger partial charge in [0.15, 0.2) is 18.2 Å². The van der Waals surface area contributed by atoms with Gasteiger partial charge in [-0.2, -0.15) is 0 Å². The van der Waals surface area contributed by atoms with Crippen LogP contribution >= 0.6 is 15.9 Å². The van der Waals surface area contributed by atoms with Crippen molar-refractivity contribution in [2.24, 2.45) is 0 Å². The van der Waals surface area contributed by atoms with Crippen molar-refractivity contribution >= 4 is 27.7 Å². The lowest BCUT2D eigenvalue weighted by atomic mass is 10.1. The Morgan fingerprint density at radius 3 is 2.50 bits per heavy atom. The Labute approximate surface area is 184 Å². The highest BCUT2D eigenvalue weighted by atomic mass is 79.9. The zero-order valence-corrected chi connectivity index (χ0v) is 18.5. The maximum absolute atomic E-state index is 13.8. The van der Waals surface area contributed by atoms with E-state index in [2.05, 4.69) is 21.2 Å². The summed E-state index contributed by atoms with van der Waals surface area (Å²) in [6.45, 7) is 1.62. The largest absolute Gasteiger partial charge is 0.481 e. The molecule has 0 radical (unpaired) electrons. The van der Waals surface area contributed by atoms with Gasteiger partial charge in [-0.05, 0) is 49.6 Å². The van der Waals surface area contributed by atoms with Gasteiger partial charge in [0.25, 0.3) is 5.91 Å². The molecule has 0 spiro atoms. The van der Waals surface area contributed by atoms with E-state index in [9.17, 15) is 14.0 Å². The first-order valence-electron chi connectivity index (χ1n) is 10.2. The average Bonchev–Trinajstić information content (AvgIpc) is 3.25. The fourth-order valence-corrected chi connectivity index (χ4v) is 3.81. The van der Waals surface area contributed by atoms with Crippen molar-refractivity contribution in [1.82, 2.24) is 10.2 Å². The summed E-state index contributed by atoms with van der Waals surface area (Å²) in [5.41, 5.74) is 0.887. The van der Waals surface area contributed by atoms with E-state index in [1.165, 1.54) is 17.0 Å². The fourth-order valence-electron chi connectivity index (χ4n) is 3.55. The molecule has 2 amide bonds. The first kappa shape index (κ1) is 22.3. The number of carbonyl (C=O) groups excluding carboxylic acids is 2. The third kappa shape index (κ3) is 6.05. The summed E-state index contributed by atoms with van der Waals surface area (Å²) < 4.78 is 20.1. The van der Waals surface area contributed by atoms with Crippen LogP contribution in [0.25, 0.3) is 0 Å². The molecule has 0 saturated heterocycles. The van der Waals surface area contributed by atoms with E-state index in [1.54, 1.807) is 19.1 Å². The Balaban J connectivity index is 1.71. The van der Waals surface area contributed by atoms with E-state index in [0.29, 0.717) is 0 Å². The van der Waals surface area contributed by atoms with Gasteiger partial charge in [-0.1, -0.05) is 53.0 Å². The second kappa shape index (κ2) is 10.6. The minimum atomic E-state index is -0.675. The van der Waals surface area contributed by atoms with E-state index < -0.39 is 11.9 Å². The van der Waals surface area contributed by atoms with E-state index in [0.717, 1.165) is 35.7 Å². The summed E-state index contributed by atoms with van der Waals surface area (Å²) >= 11 is 3.40. The minimum absolute atomic E-state index is 0.0116. The van der Waals surface area contributed by atoms with Crippen LogP contribution in [0.5, 0.6) is 5.75 Å². The van der Waals surface area contributed by atoms with E-state index in [1.807, 2.05) is 24.3 Å².